The van der Waals surface area contributed by atoms with Crippen LogP contribution in [0, 0.1) is 18.7 Å². The van der Waals surface area contributed by atoms with Gasteiger partial charge in [-0.15, -0.1) is 0 Å². The molecule has 4 aromatic rings. The zero-order valence-electron chi connectivity index (χ0n) is 19.4. The van der Waals surface area contributed by atoms with Crippen LogP contribution in [0.25, 0.3) is 23.0 Å². The van der Waals surface area contributed by atoms with Gasteiger partial charge in [0, 0.05) is 35.8 Å². The van der Waals surface area contributed by atoms with Crippen molar-refractivity contribution >= 4 is 5.91 Å². The summed E-state index contributed by atoms with van der Waals surface area (Å²) >= 11 is 0. The Hall–Kier alpha value is -4.07. The minimum absolute atomic E-state index is 0.0769. The highest BCUT2D eigenvalue weighted by Crippen LogP contribution is 2.26. The molecule has 0 bridgehead atoms. The van der Waals surface area contributed by atoms with Gasteiger partial charge in [-0.3, -0.25) is 4.79 Å². The van der Waals surface area contributed by atoms with Crippen molar-refractivity contribution in [1.29, 1.82) is 0 Å². The summed E-state index contributed by atoms with van der Waals surface area (Å²) in [7, 11) is 0. The summed E-state index contributed by atoms with van der Waals surface area (Å²) in [4.78, 5) is 23.5. The lowest BCUT2D eigenvalue weighted by atomic mass is 9.98. The zero-order valence-corrected chi connectivity index (χ0v) is 19.4. The van der Waals surface area contributed by atoms with E-state index in [-0.39, 0.29) is 17.6 Å². The molecule has 1 atom stereocenters. The van der Waals surface area contributed by atoms with E-state index >= 15 is 0 Å². The number of aryl methyl sites for hydroxylation is 1. The normalized spacial score (nSPS) is 15.7. The fourth-order valence-corrected chi connectivity index (χ4v) is 4.21. The molecule has 0 aliphatic carbocycles. The smallest absolute Gasteiger partial charge is 0.258 e. The van der Waals surface area contributed by atoms with Crippen LogP contribution >= 0.6 is 0 Å². The number of halogens is 1. The topological polar surface area (TPSA) is 81.4 Å². The molecule has 1 saturated heterocycles. The first kappa shape index (κ1) is 22.7. The molecule has 3 heterocycles. The minimum atomic E-state index is -0.350. The van der Waals surface area contributed by atoms with Gasteiger partial charge in [0.05, 0.1) is 6.61 Å². The molecule has 2 aromatic carbocycles. The molecule has 0 saturated carbocycles. The molecule has 1 fully saturated rings. The molecule has 35 heavy (non-hydrogen) atoms. The second-order valence-corrected chi connectivity index (χ2v) is 8.69. The summed E-state index contributed by atoms with van der Waals surface area (Å²) in [6.07, 6.45) is 1.88. The number of pyridine rings is 1. The molecule has 1 aliphatic heterocycles. The van der Waals surface area contributed by atoms with Crippen molar-refractivity contribution in [3.63, 3.8) is 0 Å². The van der Waals surface area contributed by atoms with E-state index in [2.05, 4.69) is 15.1 Å². The summed E-state index contributed by atoms with van der Waals surface area (Å²) in [5.41, 5.74) is 2.79. The molecule has 2 aromatic heterocycles. The fraction of sp³-hybridized carbons (Fsp3) is 0.259. The Kier molecular flexibility index (Phi) is 6.52. The second kappa shape index (κ2) is 10.0. The summed E-state index contributed by atoms with van der Waals surface area (Å²) < 4.78 is 24.7. The van der Waals surface area contributed by atoms with Crippen LogP contribution < -0.4 is 4.74 Å². The Labute approximate surface area is 202 Å². The number of aromatic nitrogens is 3. The zero-order chi connectivity index (χ0) is 24.2. The van der Waals surface area contributed by atoms with Crippen molar-refractivity contribution in [2.45, 2.75) is 19.8 Å². The van der Waals surface area contributed by atoms with Gasteiger partial charge in [-0.25, -0.2) is 9.37 Å². The molecule has 1 amide bonds. The van der Waals surface area contributed by atoms with E-state index in [9.17, 15) is 9.18 Å². The van der Waals surface area contributed by atoms with E-state index in [1.54, 1.807) is 0 Å². The molecule has 0 radical (unpaired) electrons. The lowest BCUT2D eigenvalue weighted by molar-refractivity contribution is 0.0633. The van der Waals surface area contributed by atoms with Crippen LogP contribution in [0.5, 0.6) is 5.75 Å². The fourth-order valence-electron chi connectivity index (χ4n) is 4.21. The van der Waals surface area contributed by atoms with Gasteiger partial charge in [-0.1, -0.05) is 17.3 Å². The lowest BCUT2D eigenvalue weighted by Gasteiger charge is -2.32. The van der Waals surface area contributed by atoms with Gasteiger partial charge < -0.3 is 14.2 Å². The maximum absolute atomic E-state index is 13.2. The van der Waals surface area contributed by atoms with E-state index in [1.807, 2.05) is 54.3 Å². The molecule has 0 N–H and O–H groups in total. The third-order valence-corrected chi connectivity index (χ3v) is 6.01. The number of hydrogen-bond acceptors (Lipinski definition) is 6. The Morgan fingerprint density at radius 2 is 1.94 bits per heavy atom. The van der Waals surface area contributed by atoms with Crippen molar-refractivity contribution in [1.82, 2.24) is 20.0 Å². The number of benzene rings is 2. The Bertz CT molecular complexity index is 1320. The number of amides is 1. The standard InChI is InChI=1S/C27H25FN4O3/c1-18-5-2-9-24(29-18)25-30-26(35-31-25)21-7-3-8-23(15-21)34-17-19-6-4-14-32(16-19)27(33)20-10-12-22(28)13-11-20/h2-3,5,7-13,15,19H,4,6,14,16-17H2,1H3. The van der Waals surface area contributed by atoms with Gasteiger partial charge in [0.1, 0.15) is 17.3 Å². The quantitative estimate of drug-likeness (QED) is 0.385. The number of carbonyl (C=O) groups is 1. The highest BCUT2D eigenvalue weighted by atomic mass is 19.1. The largest absolute Gasteiger partial charge is 0.493 e. The summed E-state index contributed by atoms with van der Waals surface area (Å²) in [6, 6.07) is 18.9. The number of hydrogen-bond donors (Lipinski definition) is 0. The van der Waals surface area contributed by atoms with Crippen molar-refractivity contribution in [3.05, 3.63) is 83.8 Å². The molecule has 5 rings (SSSR count). The summed E-state index contributed by atoms with van der Waals surface area (Å²) in [5.74, 6) is 1.30. The molecule has 1 unspecified atom stereocenters. The van der Waals surface area contributed by atoms with E-state index < -0.39 is 0 Å². The monoisotopic (exact) mass is 472 g/mol. The molecular weight excluding hydrogens is 447 g/mol. The van der Waals surface area contributed by atoms with Crippen molar-refractivity contribution in [2.24, 2.45) is 5.92 Å². The predicted octanol–water partition coefficient (Wildman–Crippen LogP) is 5.18. The minimum Gasteiger partial charge on any atom is -0.493 e. The van der Waals surface area contributed by atoms with Crippen LogP contribution in [0.2, 0.25) is 0 Å². The van der Waals surface area contributed by atoms with Crippen LogP contribution in [0.3, 0.4) is 0 Å². The molecule has 1 aliphatic rings. The third kappa shape index (κ3) is 5.37. The number of carbonyl (C=O) groups excluding carboxylic acids is 1. The van der Waals surface area contributed by atoms with Gasteiger partial charge in [0.15, 0.2) is 0 Å². The number of rotatable bonds is 6. The first-order valence-electron chi connectivity index (χ1n) is 11.6. The van der Waals surface area contributed by atoms with Gasteiger partial charge >= 0.3 is 0 Å². The average molecular weight is 473 g/mol. The van der Waals surface area contributed by atoms with E-state index in [0.717, 1.165) is 24.1 Å². The third-order valence-electron chi connectivity index (χ3n) is 6.01. The first-order chi connectivity index (χ1) is 17.0. The summed E-state index contributed by atoms with van der Waals surface area (Å²) in [5, 5.41) is 4.06. The average Bonchev–Trinajstić information content (AvgIpc) is 3.39. The van der Waals surface area contributed by atoms with Crippen molar-refractivity contribution in [3.8, 4) is 28.7 Å². The SMILES string of the molecule is Cc1cccc(-c2noc(-c3cccc(OCC4CCCN(C(=O)c5ccc(F)cc5)C4)c3)n2)n1. The van der Waals surface area contributed by atoms with Gasteiger partial charge in [-0.2, -0.15) is 4.98 Å². The van der Waals surface area contributed by atoms with E-state index in [4.69, 9.17) is 9.26 Å². The molecular formula is C27H25FN4O3. The molecule has 178 valence electrons. The van der Waals surface area contributed by atoms with Crippen LogP contribution in [0.1, 0.15) is 28.9 Å². The maximum Gasteiger partial charge on any atom is 0.258 e. The predicted molar refractivity (Wildman–Crippen MR) is 128 cm³/mol. The van der Waals surface area contributed by atoms with Crippen molar-refractivity contribution < 1.29 is 18.4 Å². The maximum atomic E-state index is 13.2. The number of ether oxygens (including phenoxy) is 1. The van der Waals surface area contributed by atoms with Crippen LogP contribution in [-0.4, -0.2) is 45.6 Å². The highest BCUT2D eigenvalue weighted by molar-refractivity contribution is 5.94. The highest BCUT2D eigenvalue weighted by Gasteiger charge is 2.25. The van der Waals surface area contributed by atoms with Crippen LogP contribution in [0.15, 0.2) is 71.3 Å². The van der Waals surface area contributed by atoms with E-state index in [0.29, 0.717) is 48.4 Å². The number of piperidine rings is 1. The molecule has 7 nitrogen and oxygen atoms in total. The molecule has 8 heteroatoms. The van der Waals surface area contributed by atoms with Crippen LogP contribution in [0.4, 0.5) is 4.39 Å². The van der Waals surface area contributed by atoms with Gasteiger partial charge in [0.25, 0.3) is 11.8 Å². The Balaban J connectivity index is 1.22. The van der Waals surface area contributed by atoms with Gasteiger partial charge in [0.2, 0.25) is 5.82 Å². The lowest BCUT2D eigenvalue weighted by Crippen LogP contribution is -2.41. The number of likely N-dealkylation sites (tertiary alicyclic amines) is 1. The molecule has 0 spiro atoms. The van der Waals surface area contributed by atoms with Crippen LogP contribution in [-0.2, 0) is 0 Å². The first-order valence-corrected chi connectivity index (χ1v) is 11.6. The summed E-state index contributed by atoms with van der Waals surface area (Å²) in [6.45, 7) is 3.69. The Morgan fingerprint density at radius 3 is 2.77 bits per heavy atom. The van der Waals surface area contributed by atoms with E-state index in [1.165, 1.54) is 24.3 Å². The second-order valence-electron chi connectivity index (χ2n) is 8.69. The van der Waals surface area contributed by atoms with Crippen molar-refractivity contribution in [2.75, 3.05) is 19.7 Å². The van der Waals surface area contributed by atoms with Gasteiger partial charge in [-0.05, 0) is 74.4 Å². The number of nitrogens with zero attached hydrogens (tertiary/aromatic N) is 4. The Morgan fingerprint density at radius 1 is 1.11 bits per heavy atom.